The molecule has 1 aliphatic rings. The zero-order valence-corrected chi connectivity index (χ0v) is 12.2. The molecule has 2 aromatic heterocycles. The van der Waals surface area contributed by atoms with Gasteiger partial charge >= 0.3 is 0 Å². The second-order valence-electron chi connectivity index (χ2n) is 5.79. The van der Waals surface area contributed by atoms with E-state index in [9.17, 15) is 9.59 Å². The molecule has 1 aromatic carbocycles. The number of aromatic nitrogens is 2. The molecule has 5 heteroatoms. The molecule has 0 amide bonds. The molecule has 0 N–H and O–H groups in total. The van der Waals surface area contributed by atoms with E-state index in [4.69, 9.17) is 0 Å². The van der Waals surface area contributed by atoms with Crippen LogP contribution in [-0.2, 0) is 13.5 Å². The van der Waals surface area contributed by atoms with Gasteiger partial charge < -0.3 is 9.13 Å². The maximum atomic E-state index is 12.1. The lowest BCUT2D eigenvalue weighted by Crippen LogP contribution is -2.24. The number of hydrogen-bond acceptors (Lipinski definition) is 2. The molecule has 4 rings (SSSR count). The van der Waals surface area contributed by atoms with Gasteiger partial charge in [-0.1, -0.05) is 0 Å². The Bertz CT molecular complexity index is 1060. The van der Waals surface area contributed by atoms with Gasteiger partial charge in [-0.05, 0) is 36.5 Å². The van der Waals surface area contributed by atoms with Crippen molar-refractivity contribution in [2.45, 2.75) is 20.3 Å². The number of aryl methyl sites for hydroxylation is 3. The van der Waals surface area contributed by atoms with Crippen molar-refractivity contribution in [2.24, 2.45) is 7.05 Å². The van der Waals surface area contributed by atoms with Crippen LogP contribution in [0.25, 0.3) is 21.8 Å². The van der Waals surface area contributed by atoms with Crippen LogP contribution in [0.15, 0.2) is 27.8 Å². The van der Waals surface area contributed by atoms with Crippen LogP contribution < -0.4 is 16.6 Å². The minimum absolute atomic E-state index is 0.0162. The van der Waals surface area contributed by atoms with Gasteiger partial charge in [-0.3, -0.25) is 9.59 Å². The maximum Gasteiger partial charge on any atom is 0.250 e. The summed E-state index contributed by atoms with van der Waals surface area (Å²) in [4.78, 5) is 24.2. The predicted octanol–water partition coefficient (Wildman–Crippen LogP) is 0.771. The molecule has 21 heavy (non-hydrogen) atoms. The van der Waals surface area contributed by atoms with Crippen LogP contribution in [-0.4, -0.2) is 16.4 Å². The van der Waals surface area contributed by atoms with Crippen LogP contribution in [0.5, 0.6) is 0 Å². The summed E-state index contributed by atoms with van der Waals surface area (Å²) < 4.78 is 3.46. The van der Waals surface area contributed by atoms with E-state index in [1.807, 2.05) is 21.1 Å². The number of hydrogen-bond donors (Lipinski definition) is 0. The Morgan fingerprint density at radius 2 is 1.57 bits per heavy atom. The van der Waals surface area contributed by atoms with E-state index in [0.29, 0.717) is 6.44 Å². The fraction of sp³-hybridized carbons (Fsp3) is 0.250. The summed E-state index contributed by atoms with van der Waals surface area (Å²) in [5.74, 6) is 0. The summed E-state index contributed by atoms with van der Waals surface area (Å²) in [5, 5.41) is 2.17. The van der Waals surface area contributed by atoms with E-state index in [2.05, 4.69) is 6.07 Å². The molecular formula is C16H14BN2O2. The molecule has 0 bridgehead atoms. The Kier molecular flexibility index (Phi) is 2.30. The lowest BCUT2D eigenvalue weighted by molar-refractivity contribution is 0.882. The van der Waals surface area contributed by atoms with Gasteiger partial charge in [0.15, 0.2) is 7.28 Å². The molecule has 0 saturated heterocycles. The summed E-state index contributed by atoms with van der Waals surface area (Å²) >= 11 is 0. The molecule has 1 aliphatic heterocycles. The molecule has 0 atom stereocenters. The molecule has 3 aromatic rings. The molecule has 0 unspecified atom stereocenters. The highest BCUT2D eigenvalue weighted by molar-refractivity contribution is 6.61. The Morgan fingerprint density at radius 1 is 0.952 bits per heavy atom. The molecule has 0 spiro atoms. The molecule has 1 radical (unpaired) electrons. The van der Waals surface area contributed by atoms with Crippen LogP contribution in [0.1, 0.15) is 11.1 Å². The van der Waals surface area contributed by atoms with E-state index < -0.39 is 0 Å². The highest BCUT2D eigenvalue weighted by Crippen LogP contribution is 2.25. The zero-order chi connectivity index (χ0) is 14.9. The third-order valence-corrected chi connectivity index (χ3v) is 4.52. The van der Waals surface area contributed by atoms with E-state index >= 15 is 0 Å². The first-order valence-electron chi connectivity index (χ1n) is 7.00. The standard InChI is InChI=1S/C16H14BN2O2/c1-8-4-12(20)18(3)15-10(8)6-11-9(2)5-13(21)19-7-17-14(15)16(11)19/h4-6H,7H2,1-3H3. The van der Waals surface area contributed by atoms with Crippen LogP contribution >= 0.6 is 0 Å². The van der Waals surface area contributed by atoms with Gasteiger partial charge in [0.2, 0.25) is 0 Å². The van der Waals surface area contributed by atoms with E-state index in [-0.39, 0.29) is 11.1 Å². The van der Waals surface area contributed by atoms with Crippen LogP contribution in [0, 0.1) is 13.8 Å². The second kappa shape index (κ2) is 3.88. The van der Waals surface area contributed by atoms with Gasteiger partial charge in [-0.25, -0.2) is 0 Å². The Hall–Kier alpha value is -2.30. The van der Waals surface area contributed by atoms with Crippen molar-refractivity contribution in [3.63, 3.8) is 0 Å². The fourth-order valence-corrected chi connectivity index (χ4v) is 3.41. The molecule has 4 nitrogen and oxygen atoms in total. The zero-order valence-electron chi connectivity index (χ0n) is 12.2. The highest BCUT2D eigenvalue weighted by Gasteiger charge is 2.22. The number of pyridine rings is 2. The van der Waals surface area contributed by atoms with Gasteiger partial charge in [-0.2, -0.15) is 0 Å². The average molecular weight is 277 g/mol. The van der Waals surface area contributed by atoms with E-state index in [1.165, 1.54) is 0 Å². The van der Waals surface area contributed by atoms with Crippen LogP contribution in [0.4, 0.5) is 0 Å². The largest absolute Gasteiger partial charge is 0.317 e. The number of fused-ring (bicyclic) bond motifs is 2. The average Bonchev–Trinajstić information content (AvgIpc) is 2.87. The summed E-state index contributed by atoms with van der Waals surface area (Å²) in [5.41, 5.74) is 4.84. The van der Waals surface area contributed by atoms with Crippen molar-refractivity contribution >= 4 is 34.5 Å². The van der Waals surface area contributed by atoms with Crippen molar-refractivity contribution in [1.29, 1.82) is 0 Å². The van der Waals surface area contributed by atoms with Crippen molar-refractivity contribution < 1.29 is 0 Å². The molecule has 103 valence electrons. The van der Waals surface area contributed by atoms with E-state index in [0.717, 1.165) is 38.4 Å². The molecule has 0 aliphatic carbocycles. The Labute approximate surface area is 121 Å². The lowest BCUT2D eigenvalue weighted by Gasteiger charge is -2.14. The topological polar surface area (TPSA) is 44.0 Å². The van der Waals surface area contributed by atoms with Crippen LogP contribution in [0.2, 0.25) is 0 Å². The van der Waals surface area contributed by atoms with Gasteiger partial charge in [0.05, 0.1) is 0 Å². The van der Waals surface area contributed by atoms with Gasteiger partial charge in [0.1, 0.15) is 0 Å². The monoisotopic (exact) mass is 277 g/mol. The Balaban J connectivity index is 2.41. The molecule has 3 heterocycles. The van der Waals surface area contributed by atoms with Gasteiger partial charge in [-0.15, -0.1) is 0 Å². The highest BCUT2D eigenvalue weighted by atomic mass is 16.1. The molecule has 0 fully saturated rings. The Morgan fingerprint density at radius 3 is 2.29 bits per heavy atom. The summed E-state index contributed by atoms with van der Waals surface area (Å²) in [6.07, 6.45) is 0.576. The SMILES string of the molecule is Cc1cc(=O)n(C)c2c3c4c(cc12)c(C)cc(=O)n4C[B]3. The third kappa shape index (κ3) is 1.46. The third-order valence-electron chi connectivity index (χ3n) is 4.52. The quantitative estimate of drug-likeness (QED) is 0.450. The summed E-state index contributed by atoms with van der Waals surface area (Å²) in [6, 6.07) is 5.46. The first-order valence-corrected chi connectivity index (χ1v) is 7.00. The van der Waals surface area contributed by atoms with Gasteiger partial charge in [0, 0.05) is 47.4 Å². The second-order valence-corrected chi connectivity index (χ2v) is 5.79. The summed E-state index contributed by atoms with van der Waals surface area (Å²) in [7, 11) is 3.83. The molecule has 0 saturated carbocycles. The number of rotatable bonds is 0. The minimum Gasteiger partial charge on any atom is -0.317 e. The maximum absolute atomic E-state index is 12.1. The summed E-state index contributed by atoms with van der Waals surface area (Å²) in [6.45, 7) is 3.93. The van der Waals surface area contributed by atoms with Gasteiger partial charge in [0.25, 0.3) is 11.1 Å². The first kappa shape index (κ1) is 12.4. The molecular weight excluding hydrogens is 263 g/mol. The first-order chi connectivity index (χ1) is 9.99. The van der Waals surface area contributed by atoms with Crippen molar-refractivity contribution in [2.75, 3.05) is 0 Å². The van der Waals surface area contributed by atoms with E-state index in [1.54, 1.807) is 28.3 Å². The van der Waals surface area contributed by atoms with Crippen molar-refractivity contribution in [3.8, 4) is 0 Å². The van der Waals surface area contributed by atoms with Crippen molar-refractivity contribution in [1.82, 2.24) is 9.13 Å². The minimum atomic E-state index is -0.0162. The number of benzene rings is 1. The van der Waals surface area contributed by atoms with Crippen LogP contribution in [0.3, 0.4) is 0 Å². The number of nitrogens with zero attached hydrogens (tertiary/aromatic N) is 2. The lowest BCUT2D eigenvalue weighted by atomic mass is 9.71. The fourth-order valence-electron chi connectivity index (χ4n) is 3.41. The smallest absolute Gasteiger partial charge is 0.250 e. The van der Waals surface area contributed by atoms with Crippen molar-refractivity contribution in [3.05, 3.63) is 50.0 Å². The predicted molar refractivity (Wildman–Crippen MR) is 85.8 cm³/mol. The normalized spacial score (nSPS) is 13.1.